The molecule has 0 unspecified atom stereocenters. The second kappa shape index (κ2) is 9.18. The number of urea groups is 1. The Morgan fingerprint density at radius 3 is 2.58 bits per heavy atom. The van der Waals surface area contributed by atoms with Gasteiger partial charge in [-0.2, -0.15) is 0 Å². The molecule has 0 fully saturated rings. The monoisotopic (exact) mass is 286 g/mol. The van der Waals surface area contributed by atoms with Gasteiger partial charge in [0, 0.05) is 17.8 Å². The highest BCUT2D eigenvalue weighted by Crippen LogP contribution is 2.10. The van der Waals surface area contributed by atoms with Gasteiger partial charge in [0.15, 0.2) is 0 Å². The highest BCUT2D eigenvalue weighted by molar-refractivity contribution is 5.96. The van der Waals surface area contributed by atoms with Gasteiger partial charge in [0.05, 0.1) is 0 Å². The van der Waals surface area contributed by atoms with E-state index in [1.807, 2.05) is 0 Å². The van der Waals surface area contributed by atoms with Gasteiger partial charge in [-0.3, -0.25) is 4.79 Å². The quantitative estimate of drug-likeness (QED) is 0.587. The molecule has 106 valence electrons. The Morgan fingerprint density at radius 1 is 1.21 bits per heavy atom. The number of amides is 3. The lowest BCUT2D eigenvalue weighted by Crippen LogP contribution is -2.25. The van der Waals surface area contributed by atoms with Gasteiger partial charge in [-0.25, -0.2) is 4.79 Å². The molecule has 0 aliphatic heterocycles. The molecule has 1 aromatic carbocycles. The molecule has 0 saturated heterocycles. The third-order valence-corrected chi connectivity index (χ3v) is 2.31. The lowest BCUT2D eigenvalue weighted by Gasteiger charge is -2.06. The van der Waals surface area contributed by atoms with Crippen LogP contribution in [0.3, 0.4) is 0 Å². The molecule has 0 bridgehead atoms. The van der Waals surface area contributed by atoms with Crippen LogP contribution in [0.15, 0.2) is 24.3 Å². The summed E-state index contributed by atoms with van der Waals surface area (Å²) in [6, 6.07) is 5.93. The van der Waals surface area contributed by atoms with Crippen LogP contribution in [0.25, 0.3) is 0 Å². The van der Waals surface area contributed by atoms with Crippen molar-refractivity contribution in [2.45, 2.75) is 12.8 Å². The third kappa shape index (κ3) is 6.64. The molecule has 0 aliphatic rings. The fourth-order valence-corrected chi connectivity index (χ4v) is 1.45. The Bertz CT molecular complexity index is 426. The summed E-state index contributed by atoms with van der Waals surface area (Å²) in [5, 5.41) is 5.19. The normalized spacial score (nSPS) is 9.32. The Labute approximate surface area is 118 Å². The predicted octanol–water partition coefficient (Wildman–Crippen LogP) is 1.07. The van der Waals surface area contributed by atoms with Crippen molar-refractivity contribution in [1.29, 1.82) is 0 Å². The zero-order valence-corrected chi connectivity index (χ0v) is 11.3. The van der Waals surface area contributed by atoms with E-state index >= 15 is 0 Å². The van der Waals surface area contributed by atoms with Gasteiger partial charge in [0.25, 0.3) is 5.91 Å². The molecule has 0 heterocycles. The van der Waals surface area contributed by atoms with Crippen LogP contribution in [-0.2, 0) is 0 Å². The average molecular weight is 287 g/mol. The number of rotatable bonds is 6. The fraction of sp³-hybridized carbons (Fsp3) is 0.333. The van der Waals surface area contributed by atoms with E-state index in [2.05, 4.69) is 10.6 Å². The first kappa shape index (κ1) is 17.2. The number of hydrogen-bond donors (Lipinski definition) is 4. The molecule has 3 amide bonds. The number of anilines is 1. The maximum Gasteiger partial charge on any atom is 0.316 e. The molecule has 0 aliphatic carbocycles. The zero-order valence-electron chi connectivity index (χ0n) is 10.5. The van der Waals surface area contributed by atoms with Crippen LogP contribution in [-0.4, -0.2) is 25.0 Å². The molecule has 0 spiro atoms. The minimum absolute atomic E-state index is 0. The van der Waals surface area contributed by atoms with Gasteiger partial charge >= 0.3 is 6.03 Å². The summed E-state index contributed by atoms with van der Waals surface area (Å²) in [6.45, 7) is 1.21. The van der Waals surface area contributed by atoms with Crippen LogP contribution in [0.1, 0.15) is 23.2 Å². The van der Waals surface area contributed by atoms with E-state index < -0.39 is 6.03 Å². The highest BCUT2D eigenvalue weighted by atomic mass is 35.5. The molecular formula is C12H19ClN4O2. The number of nitrogens with one attached hydrogen (secondary N) is 2. The number of carbonyl (C=O) groups excluding carboxylic acids is 2. The molecular weight excluding hydrogens is 268 g/mol. The van der Waals surface area contributed by atoms with Crippen LogP contribution in [0, 0.1) is 0 Å². The minimum Gasteiger partial charge on any atom is -0.352 e. The van der Waals surface area contributed by atoms with Crippen molar-refractivity contribution < 1.29 is 9.59 Å². The molecule has 6 nitrogen and oxygen atoms in total. The van der Waals surface area contributed by atoms with Gasteiger partial charge in [-0.15, -0.1) is 12.4 Å². The summed E-state index contributed by atoms with van der Waals surface area (Å²) >= 11 is 0. The smallest absolute Gasteiger partial charge is 0.316 e. The number of unbranched alkanes of at least 4 members (excludes halogenated alkanes) is 1. The first-order valence-electron chi connectivity index (χ1n) is 5.78. The van der Waals surface area contributed by atoms with Crippen molar-refractivity contribution in [3.05, 3.63) is 29.8 Å². The summed E-state index contributed by atoms with van der Waals surface area (Å²) < 4.78 is 0. The van der Waals surface area contributed by atoms with Crippen molar-refractivity contribution in [3.8, 4) is 0 Å². The van der Waals surface area contributed by atoms with Crippen LogP contribution in [0.2, 0.25) is 0 Å². The van der Waals surface area contributed by atoms with Crippen molar-refractivity contribution in [3.63, 3.8) is 0 Å². The first-order valence-corrected chi connectivity index (χ1v) is 5.78. The van der Waals surface area contributed by atoms with Gasteiger partial charge < -0.3 is 22.1 Å². The van der Waals surface area contributed by atoms with E-state index in [1.54, 1.807) is 24.3 Å². The van der Waals surface area contributed by atoms with E-state index in [0.29, 0.717) is 24.3 Å². The Morgan fingerprint density at radius 2 is 1.95 bits per heavy atom. The van der Waals surface area contributed by atoms with Crippen LogP contribution < -0.4 is 22.1 Å². The SMILES string of the molecule is Cl.NCCCCNC(=O)c1cccc(NC(N)=O)c1. The molecule has 0 saturated carbocycles. The first-order chi connectivity index (χ1) is 8.63. The van der Waals surface area contributed by atoms with E-state index in [0.717, 1.165) is 12.8 Å². The van der Waals surface area contributed by atoms with Crippen molar-refractivity contribution >= 4 is 30.0 Å². The largest absolute Gasteiger partial charge is 0.352 e. The second-order valence-electron chi connectivity index (χ2n) is 3.82. The summed E-state index contributed by atoms with van der Waals surface area (Å²) in [6.07, 6.45) is 1.73. The average Bonchev–Trinajstić information content (AvgIpc) is 2.34. The standard InChI is InChI=1S/C12H18N4O2.ClH/c13-6-1-2-7-15-11(17)9-4-3-5-10(8-9)16-12(14)18;/h3-5,8H,1-2,6-7,13H2,(H,15,17)(H3,14,16,18);1H. The number of nitrogens with two attached hydrogens (primary N) is 2. The molecule has 19 heavy (non-hydrogen) atoms. The highest BCUT2D eigenvalue weighted by Gasteiger charge is 2.05. The Hall–Kier alpha value is -1.79. The Balaban J connectivity index is 0.00000324. The molecule has 0 radical (unpaired) electrons. The topological polar surface area (TPSA) is 110 Å². The van der Waals surface area contributed by atoms with Crippen molar-refractivity contribution in [1.82, 2.24) is 5.32 Å². The van der Waals surface area contributed by atoms with E-state index in [1.165, 1.54) is 0 Å². The Kier molecular flexibility index (Phi) is 8.32. The van der Waals surface area contributed by atoms with E-state index in [9.17, 15) is 9.59 Å². The molecule has 0 atom stereocenters. The number of hydrogen-bond acceptors (Lipinski definition) is 3. The molecule has 7 heteroatoms. The van der Waals surface area contributed by atoms with Crippen molar-refractivity contribution in [2.75, 3.05) is 18.4 Å². The number of benzene rings is 1. The van der Waals surface area contributed by atoms with Gasteiger partial charge in [0.1, 0.15) is 0 Å². The maximum atomic E-state index is 11.8. The molecule has 6 N–H and O–H groups in total. The zero-order chi connectivity index (χ0) is 13.4. The van der Waals surface area contributed by atoms with Crippen molar-refractivity contribution in [2.24, 2.45) is 11.5 Å². The van der Waals surface area contributed by atoms with E-state index in [-0.39, 0.29) is 18.3 Å². The molecule has 1 aromatic rings. The van der Waals surface area contributed by atoms with Gasteiger partial charge in [-0.05, 0) is 37.6 Å². The number of halogens is 1. The second-order valence-corrected chi connectivity index (χ2v) is 3.82. The van der Waals surface area contributed by atoms with Gasteiger partial charge in [0.2, 0.25) is 0 Å². The summed E-state index contributed by atoms with van der Waals surface area (Å²) in [5.74, 6) is -0.180. The predicted molar refractivity (Wildman–Crippen MR) is 77.5 cm³/mol. The molecule has 1 rings (SSSR count). The summed E-state index contributed by atoms with van der Waals surface area (Å²) in [4.78, 5) is 22.5. The van der Waals surface area contributed by atoms with Gasteiger partial charge in [-0.1, -0.05) is 6.07 Å². The van der Waals surface area contributed by atoms with E-state index in [4.69, 9.17) is 11.5 Å². The fourth-order valence-electron chi connectivity index (χ4n) is 1.45. The number of carbonyl (C=O) groups is 2. The maximum absolute atomic E-state index is 11.8. The van der Waals surface area contributed by atoms with Crippen LogP contribution >= 0.6 is 12.4 Å². The third-order valence-electron chi connectivity index (χ3n) is 2.31. The summed E-state index contributed by atoms with van der Waals surface area (Å²) in [7, 11) is 0. The minimum atomic E-state index is -0.657. The molecule has 0 aromatic heterocycles. The lowest BCUT2D eigenvalue weighted by atomic mass is 10.2. The number of primary amides is 1. The van der Waals surface area contributed by atoms with Crippen LogP contribution in [0.5, 0.6) is 0 Å². The van der Waals surface area contributed by atoms with Crippen LogP contribution in [0.4, 0.5) is 10.5 Å². The summed E-state index contributed by atoms with van der Waals surface area (Å²) in [5.41, 5.74) is 11.3. The lowest BCUT2D eigenvalue weighted by molar-refractivity contribution is 0.0953.